The maximum atomic E-state index is 14.6. The van der Waals surface area contributed by atoms with Crippen LogP contribution in [0.4, 0.5) is 24.9 Å². The minimum atomic E-state index is -4.82. The highest BCUT2D eigenvalue weighted by molar-refractivity contribution is 6.30. The van der Waals surface area contributed by atoms with Crippen molar-refractivity contribution in [3.63, 3.8) is 0 Å². The van der Waals surface area contributed by atoms with Gasteiger partial charge in [0, 0.05) is 47.9 Å². The summed E-state index contributed by atoms with van der Waals surface area (Å²) < 4.78 is 50.6. The van der Waals surface area contributed by atoms with Gasteiger partial charge in [0.15, 0.2) is 0 Å². The zero-order chi connectivity index (χ0) is 30.4. The number of rotatable bonds is 6. The number of benzene rings is 1. The van der Waals surface area contributed by atoms with Crippen LogP contribution >= 0.6 is 11.6 Å². The molecule has 2 saturated heterocycles. The fourth-order valence-electron chi connectivity index (χ4n) is 5.56. The number of ether oxygens (including phenoxy) is 1. The number of nitrogens with one attached hydrogen (secondary N) is 1. The Morgan fingerprint density at radius 1 is 1.19 bits per heavy atom. The molecule has 0 aliphatic carbocycles. The molecule has 2 atom stereocenters. The minimum absolute atomic E-state index is 0.119. The molecule has 2 aliphatic heterocycles. The van der Waals surface area contributed by atoms with Gasteiger partial charge in [0.05, 0.1) is 11.4 Å². The molecule has 42 heavy (non-hydrogen) atoms. The van der Waals surface area contributed by atoms with E-state index in [0.29, 0.717) is 50.4 Å². The second-order valence-electron chi connectivity index (χ2n) is 12.0. The number of aliphatic carboxylic acids is 1. The highest BCUT2D eigenvalue weighted by atomic mass is 35.5. The molecule has 0 radical (unpaired) electrons. The number of hydrogen-bond acceptors (Lipinski definition) is 8. The van der Waals surface area contributed by atoms with E-state index in [0.717, 1.165) is 0 Å². The molecule has 0 amide bonds. The van der Waals surface area contributed by atoms with E-state index in [4.69, 9.17) is 22.1 Å². The second-order valence-corrected chi connectivity index (χ2v) is 12.5. The van der Waals surface area contributed by atoms with Gasteiger partial charge in [-0.3, -0.25) is 4.79 Å². The molecule has 2 aliphatic rings. The third kappa shape index (κ3) is 6.26. The summed E-state index contributed by atoms with van der Waals surface area (Å²) in [5.74, 6) is -1.09. The molecular formula is C28H33ClF3N7O3. The third-order valence-corrected chi connectivity index (χ3v) is 8.16. The number of carboxylic acid groups (broad SMARTS) is 1. The van der Waals surface area contributed by atoms with Crippen molar-refractivity contribution in [1.82, 2.24) is 25.1 Å². The summed E-state index contributed by atoms with van der Waals surface area (Å²) in [5, 5.41) is 17.2. The fourth-order valence-corrected chi connectivity index (χ4v) is 5.72. The number of carbonyl (C=O) groups is 1. The van der Waals surface area contributed by atoms with E-state index in [9.17, 15) is 23.1 Å². The van der Waals surface area contributed by atoms with Crippen molar-refractivity contribution in [2.75, 3.05) is 30.3 Å². The predicted octanol–water partition coefficient (Wildman–Crippen LogP) is 4.91. The Labute approximate surface area is 246 Å². The Balaban J connectivity index is 1.41. The lowest BCUT2D eigenvalue weighted by molar-refractivity contribution is -0.198. The first-order valence-electron chi connectivity index (χ1n) is 13.6. The number of aromatic nitrogens is 4. The summed E-state index contributed by atoms with van der Waals surface area (Å²) in [7, 11) is 0. The van der Waals surface area contributed by atoms with Crippen LogP contribution in [0.15, 0.2) is 36.5 Å². The van der Waals surface area contributed by atoms with Crippen molar-refractivity contribution < 1.29 is 27.8 Å². The molecule has 3 aromatic rings. The van der Waals surface area contributed by atoms with E-state index < -0.39 is 24.3 Å². The van der Waals surface area contributed by atoms with Gasteiger partial charge in [-0.25, -0.2) is 4.68 Å². The molecule has 1 aromatic carbocycles. The zero-order valence-electron chi connectivity index (χ0n) is 23.5. The molecule has 5 rings (SSSR count). The van der Waals surface area contributed by atoms with Crippen LogP contribution in [0.1, 0.15) is 57.4 Å². The van der Waals surface area contributed by atoms with Crippen LogP contribution in [-0.4, -0.2) is 62.7 Å². The van der Waals surface area contributed by atoms with Crippen molar-refractivity contribution in [2.45, 2.75) is 63.8 Å². The molecule has 0 bridgehead atoms. The van der Waals surface area contributed by atoms with Crippen LogP contribution in [0, 0.1) is 5.41 Å². The van der Waals surface area contributed by atoms with Crippen molar-refractivity contribution >= 4 is 29.3 Å². The predicted molar refractivity (Wildman–Crippen MR) is 151 cm³/mol. The number of anilines is 2. The van der Waals surface area contributed by atoms with Gasteiger partial charge >= 0.3 is 12.1 Å². The van der Waals surface area contributed by atoms with Crippen molar-refractivity contribution in [2.24, 2.45) is 5.41 Å². The summed E-state index contributed by atoms with van der Waals surface area (Å²) in [6, 6.07) is 6.56. The Morgan fingerprint density at radius 2 is 1.90 bits per heavy atom. The Hall–Kier alpha value is -3.58. The van der Waals surface area contributed by atoms with E-state index in [-0.39, 0.29) is 38.9 Å². The molecule has 1 spiro atoms. The number of halogens is 4. The number of carboxylic acids is 1. The standard InChI is InChI=1S/C28H33ClF3N7O3/c1-26(2,3)20-6-9-39(37-20)19-12-16(29)4-5-17(19)23(28(30,31)32)42-22-13-21(35-25(33)36-22)38-10-7-27(8-11-38)14-18(24(40)41)34-15-27/h4-6,9,12-13,18,23,34H,7-8,10-11,14-15H2,1-3H3,(H,40,41)(H2,33,35,36)/t18-,23+/m0/s1. The lowest BCUT2D eigenvalue weighted by Gasteiger charge is -2.39. The molecule has 2 aromatic heterocycles. The maximum absolute atomic E-state index is 14.6. The molecule has 4 N–H and O–H groups in total. The normalized spacial score (nSPS) is 19.7. The Bertz CT molecular complexity index is 1470. The number of nitrogens with two attached hydrogens (primary N) is 1. The average Bonchev–Trinajstić information content (AvgIpc) is 3.56. The van der Waals surface area contributed by atoms with Gasteiger partial charge in [0.25, 0.3) is 0 Å². The lowest BCUT2D eigenvalue weighted by atomic mass is 9.76. The molecule has 4 heterocycles. The van der Waals surface area contributed by atoms with Gasteiger partial charge in [0.2, 0.25) is 17.9 Å². The van der Waals surface area contributed by atoms with Crippen molar-refractivity contribution in [3.05, 3.63) is 52.8 Å². The first-order chi connectivity index (χ1) is 19.6. The smallest absolute Gasteiger partial charge is 0.429 e. The Morgan fingerprint density at radius 3 is 2.50 bits per heavy atom. The van der Waals surface area contributed by atoms with Crippen LogP contribution < -0.4 is 20.7 Å². The van der Waals surface area contributed by atoms with E-state index >= 15 is 0 Å². The average molecular weight is 608 g/mol. The van der Waals surface area contributed by atoms with E-state index in [1.54, 1.807) is 12.3 Å². The van der Waals surface area contributed by atoms with Crippen LogP contribution in [-0.2, 0) is 10.2 Å². The van der Waals surface area contributed by atoms with E-state index in [1.165, 1.54) is 28.9 Å². The maximum Gasteiger partial charge on any atom is 0.429 e. The molecule has 10 nitrogen and oxygen atoms in total. The van der Waals surface area contributed by atoms with Gasteiger partial charge in [-0.15, -0.1) is 0 Å². The van der Waals surface area contributed by atoms with Gasteiger partial charge < -0.3 is 25.8 Å². The monoisotopic (exact) mass is 607 g/mol. The highest BCUT2D eigenvalue weighted by Crippen LogP contribution is 2.42. The first-order valence-corrected chi connectivity index (χ1v) is 14.0. The summed E-state index contributed by atoms with van der Waals surface area (Å²) >= 11 is 6.20. The first kappa shape index (κ1) is 29.9. The second kappa shape index (κ2) is 10.9. The molecule has 0 saturated carbocycles. The van der Waals surface area contributed by atoms with E-state index in [1.807, 2.05) is 25.7 Å². The van der Waals surface area contributed by atoms with Gasteiger partial charge in [-0.1, -0.05) is 38.4 Å². The molecule has 0 unspecified atom stereocenters. The highest BCUT2D eigenvalue weighted by Gasteiger charge is 2.46. The summed E-state index contributed by atoms with van der Waals surface area (Å²) in [4.78, 5) is 21.5. The van der Waals surface area contributed by atoms with Crippen molar-refractivity contribution in [3.8, 4) is 11.6 Å². The van der Waals surface area contributed by atoms with Crippen LogP contribution in [0.2, 0.25) is 5.02 Å². The minimum Gasteiger partial charge on any atom is -0.480 e. The van der Waals surface area contributed by atoms with Crippen molar-refractivity contribution in [1.29, 1.82) is 0 Å². The van der Waals surface area contributed by atoms with Crippen LogP contribution in [0.3, 0.4) is 0 Å². The summed E-state index contributed by atoms with van der Waals surface area (Å²) in [6.07, 6.45) is -3.72. The fraction of sp³-hybridized carbons (Fsp3) is 0.500. The number of alkyl halides is 3. The SMILES string of the molecule is CC(C)(C)c1ccn(-c2cc(Cl)ccc2[C@@H](Oc2cc(N3CCC4(CC3)CN[C@H](C(=O)O)C4)nc(N)n2)C(F)(F)F)n1. The number of piperidine rings is 1. The molecule has 226 valence electrons. The molecular weight excluding hydrogens is 575 g/mol. The van der Waals surface area contributed by atoms with Crippen LogP contribution in [0.5, 0.6) is 5.88 Å². The summed E-state index contributed by atoms with van der Waals surface area (Å²) in [5.41, 5.74) is 6.07. The molecule has 2 fully saturated rings. The topological polar surface area (TPSA) is 131 Å². The van der Waals surface area contributed by atoms with Gasteiger partial charge in [-0.2, -0.15) is 28.2 Å². The Kier molecular flexibility index (Phi) is 7.77. The quantitative estimate of drug-likeness (QED) is 0.358. The zero-order valence-corrected chi connectivity index (χ0v) is 24.2. The number of nitrogen functional groups attached to an aromatic ring is 1. The van der Waals surface area contributed by atoms with Crippen LogP contribution in [0.25, 0.3) is 5.69 Å². The van der Waals surface area contributed by atoms with Gasteiger partial charge in [0.1, 0.15) is 11.9 Å². The number of hydrogen-bond donors (Lipinski definition) is 3. The lowest BCUT2D eigenvalue weighted by Crippen LogP contribution is -2.41. The largest absolute Gasteiger partial charge is 0.480 e. The summed E-state index contributed by atoms with van der Waals surface area (Å²) in [6.45, 7) is 7.53. The van der Waals surface area contributed by atoms with E-state index in [2.05, 4.69) is 20.4 Å². The number of nitrogens with zero attached hydrogens (tertiary/aromatic N) is 5. The molecule has 14 heteroatoms. The third-order valence-electron chi connectivity index (χ3n) is 7.93. The van der Waals surface area contributed by atoms with Gasteiger partial charge in [-0.05, 0) is 42.9 Å².